The van der Waals surface area contributed by atoms with Crippen molar-refractivity contribution in [2.45, 2.75) is 52.1 Å². The van der Waals surface area contributed by atoms with Gasteiger partial charge in [-0.1, -0.05) is 13.8 Å². The Kier molecular flexibility index (Phi) is 4.23. The van der Waals surface area contributed by atoms with Crippen molar-refractivity contribution in [3.63, 3.8) is 0 Å². The van der Waals surface area contributed by atoms with E-state index in [0.29, 0.717) is 0 Å². The summed E-state index contributed by atoms with van der Waals surface area (Å²) in [6.07, 6.45) is 5.88. The van der Waals surface area contributed by atoms with E-state index in [1.165, 1.54) is 24.9 Å². The van der Waals surface area contributed by atoms with E-state index in [2.05, 4.69) is 35.9 Å². The monoisotopic (exact) mass is 247 g/mol. The molecule has 18 heavy (non-hydrogen) atoms. The van der Waals surface area contributed by atoms with Gasteiger partial charge in [0.15, 0.2) is 0 Å². The third-order valence-corrected chi connectivity index (χ3v) is 3.50. The van der Waals surface area contributed by atoms with Gasteiger partial charge in [-0.2, -0.15) is 0 Å². The van der Waals surface area contributed by atoms with Gasteiger partial charge in [0.25, 0.3) is 0 Å². The third-order valence-electron chi connectivity index (χ3n) is 3.50. The fraction of sp³-hybridized carbons (Fsp3) is 0.667. The van der Waals surface area contributed by atoms with E-state index < -0.39 is 0 Å². The van der Waals surface area contributed by atoms with Gasteiger partial charge in [0, 0.05) is 18.6 Å². The molecular weight excluding hydrogens is 222 g/mol. The minimum absolute atomic E-state index is 0.0177. The summed E-state index contributed by atoms with van der Waals surface area (Å²) in [7, 11) is 0. The first-order valence-corrected chi connectivity index (χ1v) is 7.06. The number of pyridine rings is 1. The van der Waals surface area contributed by atoms with E-state index in [9.17, 15) is 0 Å². The van der Waals surface area contributed by atoms with E-state index in [0.717, 1.165) is 24.2 Å². The molecule has 3 heteroatoms. The van der Waals surface area contributed by atoms with Crippen LogP contribution in [0.2, 0.25) is 0 Å². The molecule has 1 atom stereocenters. The maximum atomic E-state index is 5.83. The van der Waals surface area contributed by atoms with Gasteiger partial charge in [-0.15, -0.1) is 0 Å². The Morgan fingerprint density at radius 3 is 2.50 bits per heavy atom. The van der Waals surface area contributed by atoms with Crippen molar-refractivity contribution in [1.29, 1.82) is 0 Å². The Morgan fingerprint density at radius 2 is 2.06 bits per heavy atom. The van der Waals surface area contributed by atoms with Crippen LogP contribution in [0, 0.1) is 5.92 Å². The minimum Gasteiger partial charge on any atom is -0.367 e. The first kappa shape index (κ1) is 13.3. The summed E-state index contributed by atoms with van der Waals surface area (Å²) in [4.78, 5) is 6.98. The van der Waals surface area contributed by atoms with Crippen LogP contribution < -0.4 is 10.6 Å². The number of hydrogen-bond acceptors (Lipinski definition) is 3. The molecule has 1 unspecified atom stereocenters. The summed E-state index contributed by atoms with van der Waals surface area (Å²) in [6.45, 7) is 7.67. The largest absolute Gasteiger partial charge is 0.367 e. The van der Waals surface area contributed by atoms with Crippen molar-refractivity contribution in [1.82, 2.24) is 4.98 Å². The van der Waals surface area contributed by atoms with E-state index in [-0.39, 0.29) is 6.04 Å². The molecule has 1 aliphatic rings. The second-order valence-corrected chi connectivity index (χ2v) is 5.84. The highest BCUT2D eigenvalue weighted by atomic mass is 15.2. The van der Waals surface area contributed by atoms with Crippen molar-refractivity contribution in [3.8, 4) is 0 Å². The molecule has 1 fully saturated rings. The zero-order chi connectivity index (χ0) is 13.1. The quantitative estimate of drug-likeness (QED) is 0.840. The lowest BCUT2D eigenvalue weighted by molar-refractivity contribution is 0.570. The SMILES string of the molecule is CC(C)CCN(c1ccc(C(C)N)nc1)C1CC1. The van der Waals surface area contributed by atoms with E-state index >= 15 is 0 Å². The Hall–Kier alpha value is -1.09. The summed E-state index contributed by atoms with van der Waals surface area (Å²) in [5.74, 6) is 0.752. The van der Waals surface area contributed by atoms with Crippen LogP contribution in [0.1, 0.15) is 51.8 Å². The number of aromatic nitrogens is 1. The van der Waals surface area contributed by atoms with Crippen molar-refractivity contribution < 1.29 is 0 Å². The van der Waals surface area contributed by atoms with Crippen LogP contribution in [0.15, 0.2) is 18.3 Å². The Bertz CT molecular complexity index is 366. The summed E-state index contributed by atoms with van der Waals surface area (Å²) >= 11 is 0. The maximum absolute atomic E-state index is 5.83. The van der Waals surface area contributed by atoms with Gasteiger partial charge in [-0.05, 0) is 44.2 Å². The summed E-state index contributed by atoms with van der Waals surface area (Å²) in [5, 5.41) is 0. The molecule has 0 amide bonds. The molecule has 0 aromatic carbocycles. The topological polar surface area (TPSA) is 42.1 Å². The molecule has 0 aliphatic heterocycles. The van der Waals surface area contributed by atoms with Crippen LogP contribution >= 0.6 is 0 Å². The first-order valence-electron chi connectivity index (χ1n) is 7.06. The van der Waals surface area contributed by atoms with Crippen molar-refractivity contribution >= 4 is 5.69 Å². The van der Waals surface area contributed by atoms with E-state index in [1.807, 2.05) is 13.1 Å². The van der Waals surface area contributed by atoms with Crippen molar-refractivity contribution in [3.05, 3.63) is 24.0 Å². The fourth-order valence-corrected chi connectivity index (χ4v) is 2.14. The van der Waals surface area contributed by atoms with Crippen LogP contribution in [-0.4, -0.2) is 17.6 Å². The molecule has 1 saturated carbocycles. The minimum atomic E-state index is 0.0177. The Morgan fingerprint density at radius 1 is 1.33 bits per heavy atom. The molecule has 0 spiro atoms. The maximum Gasteiger partial charge on any atom is 0.0569 e. The third kappa shape index (κ3) is 3.45. The Labute approximate surface area is 110 Å². The predicted octanol–water partition coefficient (Wildman–Crippen LogP) is 3.12. The highest BCUT2D eigenvalue weighted by molar-refractivity contribution is 5.47. The zero-order valence-electron chi connectivity index (χ0n) is 11.8. The molecule has 2 rings (SSSR count). The van der Waals surface area contributed by atoms with Gasteiger partial charge < -0.3 is 10.6 Å². The molecule has 0 radical (unpaired) electrons. The smallest absolute Gasteiger partial charge is 0.0569 e. The predicted molar refractivity (Wildman–Crippen MR) is 76.7 cm³/mol. The molecule has 0 saturated heterocycles. The summed E-state index contributed by atoms with van der Waals surface area (Å²) in [6, 6.07) is 4.99. The van der Waals surface area contributed by atoms with Crippen LogP contribution in [0.3, 0.4) is 0 Å². The molecule has 1 aromatic heterocycles. The number of nitrogens with two attached hydrogens (primary N) is 1. The highest BCUT2D eigenvalue weighted by Gasteiger charge is 2.29. The number of rotatable bonds is 6. The first-order chi connectivity index (χ1) is 8.58. The van der Waals surface area contributed by atoms with Crippen molar-refractivity contribution in [2.24, 2.45) is 11.7 Å². The van der Waals surface area contributed by atoms with Crippen LogP contribution in [0.4, 0.5) is 5.69 Å². The van der Waals surface area contributed by atoms with Gasteiger partial charge in [-0.3, -0.25) is 4.98 Å². The molecule has 1 aromatic rings. The molecular formula is C15H25N3. The van der Waals surface area contributed by atoms with Gasteiger partial charge >= 0.3 is 0 Å². The lowest BCUT2D eigenvalue weighted by atomic mass is 10.1. The highest BCUT2D eigenvalue weighted by Crippen LogP contribution is 2.32. The molecule has 100 valence electrons. The molecule has 3 nitrogen and oxygen atoms in total. The number of hydrogen-bond donors (Lipinski definition) is 1. The van der Waals surface area contributed by atoms with E-state index in [1.54, 1.807) is 0 Å². The average molecular weight is 247 g/mol. The van der Waals surface area contributed by atoms with Crippen molar-refractivity contribution in [2.75, 3.05) is 11.4 Å². The van der Waals surface area contributed by atoms with Crippen LogP contribution in [-0.2, 0) is 0 Å². The zero-order valence-corrected chi connectivity index (χ0v) is 11.8. The molecule has 0 bridgehead atoms. The summed E-state index contributed by atoms with van der Waals surface area (Å²) in [5.41, 5.74) is 8.06. The lowest BCUT2D eigenvalue weighted by Crippen LogP contribution is -2.28. The number of nitrogens with zero attached hydrogens (tertiary/aromatic N) is 2. The van der Waals surface area contributed by atoms with E-state index in [4.69, 9.17) is 5.73 Å². The normalized spacial score (nSPS) is 16.9. The molecule has 1 heterocycles. The van der Waals surface area contributed by atoms with Gasteiger partial charge in [0.1, 0.15) is 0 Å². The summed E-state index contributed by atoms with van der Waals surface area (Å²) < 4.78 is 0. The Balaban J connectivity index is 2.05. The average Bonchev–Trinajstić information content (AvgIpc) is 3.14. The molecule has 2 N–H and O–H groups in total. The second kappa shape index (κ2) is 5.70. The van der Waals surface area contributed by atoms with Gasteiger partial charge in [-0.25, -0.2) is 0 Å². The standard InChI is InChI=1S/C15H25N3/c1-11(2)8-9-18(13-4-5-13)14-6-7-15(12(3)16)17-10-14/h6-7,10-13H,4-5,8-9,16H2,1-3H3. The molecule has 1 aliphatic carbocycles. The second-order valence-electron chi connectivity index (χ2n) is 5.84. The van der Waals surface area contributed by atoms with Crippen LogP contribution in [0.25, 0.3) is 0 Å². The fourth-order valence-electron chi connectivity index (χ4n) is 2.14. The lowest BCUT2D eigenvalue weighted by Gasteiger charge is -2.25. The number of anilines is 1. The van der Waals surface area contributed by atoms with Gasteiger partial charge in [0.2, 0.25) is 0 Å². The van der Waals surface area contributed by atoms with Crippen LogP contribution in [0.5, 0.6) is 0 Å². The van der Waals surface area contributed by atoms with Gasteiger partial charge in [0.05, 0.1) is 17.6 Å².